The van der Waals surface area contributed by atoms with Crippen molar-refractivity contribution in [3.63, 3.8) is 0 Å². The van der Waals surface area contributed by atoms with Gasteiger partial charge in [-0.1, -0.05) is 30.3 Å². The fraction of sp³-hybridized carbons (Fsp3) is 0.538. The molecular formula is C13H20N2. The van der Waals surface area contributed by atoms with Crippen molar-refractivity contribution < 1.29 is 0 Å². The highest BCUT2D eigenvalue weighted by molar-refractivity contribution is 5.14. The molecule has 1 atom stereocenters. The van der Waals surface area contributed by atoms with Crippen molar-refractivity contribution in [1.82, 2.24) is 10.2 Å². The van der Waals surface area contributed by atoms with Gasteiger partial charge in [0.2, 0.25) is 0 Å². The van der Waals surface area contributed by atoms with Gasteiger partial charge in [-0.3, -0.25) is 4.90 Å². The maximum absolute atomic E-state index is 3.46. The number of rotatable bonds is 3. The van der Waals surface area contributed by atoms with Crippen molar-refractivity contribution in [1.29, 1.82) is 0 Å². The standard InChI is InChI=1S/C13H20N2/c1-15(13-8-5-9-14-10-13)11-12-6-3-2-4-7-12/h2-4,6-7,13-14H,5,8-11H2,1H3. The molecule has 1 unspecified atom stereocenters. The first-order valence-corrected chi connectivity index (χ1v) is 5.81. The van der Waals surface area contributed by atoms with Gasteiger partial charge in [0.15, 0.2) is 0 Å². The minimum Gasteiger partial charge on any atom is -0.315 e. The molecule has 1 aliphatic heterocycles. The number of likely N-dealkylation sites (N-methyl/N-ethyl adjacent to an activating group) is 1. The Kier molecular flexibility index (Phi) is 3.75. The molecule has 2 nitrogen and oxygen atoms in total. The van der Waals surface area contributed by atoms with Crippen LogP contribution in [0.25, 0.3) is 0 Å². The van der Waals surface area contributed by atoms with Crippen molar-refractivity contribution in [3.8, 4) is 0 Å². The second-order valence-electron chi connectivity index (χ2n) is 4.40. The quantitative estimate of drug-likeness (QED) is 0.808. The molecule has 0 radical (unpaired) electrons. The predicted octanol–water partition coefficient (Wildman–Crippen LogP) is 1.87. The fourth-order valence-corrected chi connectivity index (χ4v) is 2.21. The van der Waals surface area contributed by atoms with Crippen LogP contribution < -0.4 is 5.32 Å². The molecule has 0 aromatic heterocycles. The summed E-state index contributed by atoms with van der Waals surface area (Å²) in [4.78, 5) is 2.46. The molecule has 2 rings (SSSR count). The Balaban J connectivity index is 1.88. The summed E-state index contributed by atoms with van der Waals surface area (Å²) in [5, 5.41) is 3.46. The van der Waals surface area contributed by atoms with E-state index in [4.69, 9.17) is 0 Å². The monoisotopic (exact) mass is 204 g/mol. The van der Waals surface area contributed by atoms with Crippen LogP contribution in [0.5, 0.6) is 0 Å². The van der Waals surface area contributed by atoms with Crippen LogP contribution in [-0.4, -0.2) is 31.1 Å². The lowest BCUT2D eigenvalue weighted by molar-refractivity contribution is 0.196. The molecule has 0 saturated carbocycles. The third-order valence-corrected chi connectivity index (χ3v) is 3.17. The van der Waals surface area contributed by atoms with Crippen LogP contribution in [0.15, 0.2) is 30.3 Å². The zero-order valence-electron chi connectivity index (χ0n) is 9.45. The Morgan fingerprint density at radius 2 is 2.13 bits per heavy atom. The van der Waals surface area contributed by atoms with E-state index in [2.05, 4.69) is 47.6 Å². The van der Waals surface area contributed by atoms with Gasteiger partial charge in [0.05, 0.1) is 0 Å². The van der Waals surface area contributed by atoms with E-state index < -0.39 is 0 Å². The number of nitrogens with one attached hydrogen (secondary N) is 1. The zero-order valence-corrected chi connectivity index (χ0v) is 9.45. The van der Waals surface area contributed by atoms with Crippen LogP contribution in [0.1, 0.15) is 18.4 Å². The smallest absolute Gasteiger partial charge is 0.0234 e. The maximum atomic E-state index is 3.46. The lowest BCUT2D eigenvalue weighted by atomic mass is 10.1. The van der Waals surface area contributed by atoms with Crippen LogP contribution in [0.4, 0.5) is 0 Å². The molecule has 0 amide bonds. The van der Waals surface area contributed by atoms with E-state index in [-0.39, 0.29) is 0 Å². The summed E-state index contributed by atoms with van der Waals surface area (Å²) in [5.74, 6) is 0. The van der Waals surface area contributed by atoms with Crippen molar-refractivity contribution >= 4 is 0 Å². The van der Waals surface area contributed by atoms with Crippen molar-refractivity contribution in [3.05, 3.63) is 35.9 Å². The topological polar surface area (TPSA) is 15.3 Å². The first-order valence-electron chi connectivity index (χ1n) is 5.81. The highest BCUT2D eigenvalue weighted by Crippen LogP contribution is 2.11. The molecule has 1 fully saturated rings. The minimum absolute atomic E-state index is 0.707. The SMILES string of the molecule is CN(Cc1ccccc1)C1CCCNC1. The Hall–Kier alpha value is -0.860. The molecule has 1 heterocycles. The van der Waals surface area contributed by atoms with Crippen molar-refractivity contribution in [2.24, 2.45) is 0 Å². The molecule has 2 heteroatoms. The van der Waals surface area contributed by atoms with Gasteiger partial charge in [0.25, 0.3) is 0 Å². The summed E-state index contributed by atoms with van der Waals surface area (Å²) in [6.07, 6.45) is 2.64. The van der Waals surface area contributed by atoms with E-state index in [1.807, 2.05) is 0 Å². The number of piperidine rings is 1. The number of nitrogens with zero attached hydrogens (tertiary/aromatic N) is 1. The zero-order chi connectivity index (χ0) is 10.5. The molecule has 0 aliphatic carbocycles. The summed E-state index contributed by atoms with van der Waals surface area (Å²) >= 11 is 0. The number of hydrogen-bond acceptors (Lipinski definition) is 2. The summed E-state index contributed by atoms with van der Waals surface area (Å²) in [5.41, 5.74) is 1.41. The van der Waals surface area contributed by atoms with E-state index in [1.165, 1.54) is 24.9 Å². The van der Waals surface area contributed by atoms with Gasteiger partial charge in [-0.15, -0.1) is 0 Å². The molecule has 1 N–H and O–H groups in total. The molecule has 15 heavy (non-hydrogen) atoms. The average Bonchev–Trinajstić information content (AvgIpc) is 2.31. The maximum Gasteiger partial charge on any atom is 0.0234 e. The molecule has 1 aromatic rings. The van der Waals surface area contributed by atoms with Gasteiger partial charge in [-0.05, 0) is 32.0 Å². The van der Waals surface area contributed by atoms with Gasteiger partial charge >= 0.3 is 0 Å². The van der Waals surface area contributed by atoms with Crippen LogP contribution in [-0.2, 0) is 6.54 Å². The molecule has 1 aromatic carbocycles. The number of benzene rings is 1. The summed E-state index contributed by atoms with van der Waals surface area (Å²) in [6, 6.07) is 11.4. The minimum atomic E-state index is 0.707. The highest BCUT2D eigenvalue weighted by atomic mass is 15.2. The Morgan fingerprint density at radius 1 is 1.33 bits per heavy atom. The van der Waals surface area contributed by atoms with E-state index in [0.29, 0.717) is 6.04 Å². The van der Waals surface area contributed by atoms with Gasteiger partial charge in [-0.25, -0.2) is 0 Å². The van der Waals surface area contributed by atoms with Crippen molar-refractivity contribution in [2.75, 3.05) is 20.1 Å². The van der Waals surface area contributed by atoms with Gasteiger partial charge in [-0.2, -0.15) is 0 Å². The Morgan fingerprint density at radius 3 is 2.80 bits per heavy atom. The largest absolute Gasteiger partial charge is 0.315 e. The van der Waals surface area contributed by atoms with Gasteiger partial charge in [0.1, 0.15) is 0 Å². The van der Waals surface area contributed by atoms with Crippen molar-refractivity contribution in [2.45, 2.75) is 25.4 Å². The van der Waals surface area contributed by atoms with E-state index >= 15 is 0 Å². The highest BCUT2D eigenvalue weighted by Gasteiger charge is 2.17. The molecule has 1 saturated heterocycles. The van der Waals surface area contributed by atoms with Crippen LogP contribution in [0.2, 0.25) is 0 Å². The summed E-state index contributed by atoms with van der Waals surface area (Å²) < 4.78 is 0. The van der Waals surface area contributed by atoms with Crippen LogP contribution in [0, 0.1) is 0 Å². The lowest BCUT2D eigenvalue weighted by Crippen LogP contribution is -2.43. The summed E-state index contributed by atoms with van der Waals surface area (Å²) in [7, 11) is 2.23. The lowest BCUT2D eigenvalue weighted by Gasteiger charge is -2.31. The van der Waals surface area contributed by atoms with Gasteiger partial charge in [0, 0.05) is 19.1 Å². The van der Waals surface area contributed by atoms with E-state index in [0.717, 1.165) is 13.1 Å². The molecule has 0 bridgehead atoms. The fourth-order valence-electron chi connectivity index (χ4n) is 2.21. The van der Waals surface area contributed by atoms with Crippen LogP contribution >= 0.6 is 0 Å². The Labute approximate surface area is 92.3 Å². The Bertz CT molecular complexity index is 278. The first-order chi connectivity index (χ1) is 7.36. The molecule has 0 spiro atoms. The third-order valence-electron chi connectivity index (χ3n) is 3.17. The second-order valence-corrected chi connectivity index (χ2v) is 4.40. The van der Waals surface area contributed by atoms with E-state index in [9.17, 15) is 0 Å². The first kappa shape index (κ1) is 10.7. The number of hydrogen-bond donors (Lipinski definition) is 1. The molecule has 1 aliphatic rings. The van der Waals surface area contributed by atoms with E-state index in [1.54, 1.807) is 0 Å². The average molecular weight is 204 g/mol. The predicted molar refractivity (Wildman–Crippen MR) is 63.8 cm³/mol. The molecule has 82 valence electrons. The third kappa shape index (κ3) is 3.05. The van der Waals surface area contributed by atoms with Crippen LogP contribution in [0.3, 0.4) is 0 Å². The molecular weight excluding hydrogens is 184 g/mol. The van der Waals surface area contributed by atoms with Gasteiger partial charge < -0.3 is 5.32 Å². The second kappa shape index (κ2) is 5.29. The summed E-state index contributed by atoms with van der Waals surface area (Å²) in [6.45, 7) is 3.40. The normalized spacial score (nSPS) is 21.9.